The van der Waals surface area contributed by atoms with Crippen molar-refractivity contribution in [3.05, 3.63) is 95.2 Å². The van der Waals surface area contributed by atoms with E-state index in [1.54, 1.807) is 6.20 Å². The van der Waals surface area contributed by atoms with Crippen molar-refractivity contribution >= 4 is 34.4 Å². The molecular weight excluding hydrogens is 568 g/mol. The number of hydrogen-bond donors (Lipinski definition) is 4. The molecule has 6 rings (SSSR count). The molecule has 0 spiro atoms. The second-order valence-corrected chi connectivity index (χ2v) is 12.3. The first-order valence-corrected chi connectivity index (χ1v) is 15.7. The summed E-state index contributed by atoms with van der Waals surface area (Å²) in [5, 5.41) is 24.2. The Hall–Kier alpha value is -4.70. The average molecular weight is 609 g/mol. The Bertz CT molecular complexity index is 1660. The molecule has 4 N–H and O–H groups in total. The van der Waals surface area contributed by atoms with E-state index < -0.39 is 12.0 Å². The molecule has 45 heavy (non-hydrogen) atoms. The maximum absolute atomic E-state index is 13.8. The highest BCUT2D eigenvalue weighted by Gasteiger charge is 2.34. The molecule has 4 aromatic rings. The van der Waals surface area contributed by atoms with E-state index in [2.05, 4.69) is 20.8 Å². The summed E-state index contributed by atoms with van der Waals surface area (Å²) in [4.78, 5) is 44.0. The first-order chi connectivity index (χ1) is 21.9. The van der Waals surface area contributed by atoms with Gasteiger partial charge in [-0.3, -0.25) is 14.7 Å². The Labute approximate surface area is 262 Å². The minimum atomic E-state index is -0.617. The van der Waals surface area contributed by atoms with E-state index >= 15 is 0 Å². The summed E-state index contributed by atoms with van der Waals surface area (Å²) in [6.45, 7) is 3.40. The number of aromatic nitrogens is 2. The summed E-state index contributed by atoms with van der Waals surface area (Å²) in [6.07, 6.45) is 4.05. The van der Waals surface area contributed by atoms with E-state index in [1.807, 2.05) is 83.5 Å². The van der Waals surface area contributed by atoms with Crippen molar-refractivity contribution in [1.29, 1.82) is 0 Å². The van der Waals surface area contributed by atoms with Crippen LogP contribution in [-0.2, 0) is 29.0 Å². The number of aliphatic hydroxyl groups is 1. The molecule has 3 heterocycles. The van der Waals surface area contributed by atoms with Crippen LogP contribution in [0.1, 0.15) is 41.5 Å². The number of hydrogen-bond acceptors (Lipinski definition) is 5. The number of aliphatic hydroxyl groups excluding tert-OH is 1. The zero-order chi connectivity index (χ0) is 31.3. The summed E-state index contributed by atoms with van der Waals surface area (Å²) < 4.78 is 0. The summed E-state index contributed by atoms with van der Waals surface area (Å²) >= 11 is 0. The average Bonchev–Trinajstić information content (AvgIpc) is 3.54. The molecule has 0 saturated carbocycles. The van der Waals surface area contributed by atoms with E-state index in [4.69, 9.17) is 0 Å². The number of aryl methyl sites for hydroxylation is 1. The number of carbonyl (C=O) groups excluding carboxylic acids is 3. The number of amides is 4. The summed E-state index contributed by atoms with van der Waals surface area (Å²) in [6, 6.07) is 21.1. The van der Waals surface area contributed by atoms with Crippen molar-refractivity contribution in [1.82, 2.24) is 25.3 Å². The lowest BCUT2D eigenvalue weighted by atomic mass is 9.92. The molecule has 0 radical (unpaired) electrons. The molecule has 1 saturated heterocycles. The number of nitrogens with zero attached hydrogens (tertiary/aromatic N) is 3. The van der Waals surface area contributed by atoms with Crippen molar-refractivity contribution < 1.29 is 19.5 Å². The van der Waals surface area contributed by atoms with Gasteiger partial charge in [0.2, 0.25) is 11.8 Å². The number of aromatic amines is 1. The van der Waals surface area contributed by atoms with Crippen molar-refractivity contribution in [2.45, 2.75) is 57.7 Å². The van der Waals surface area contributed by atoms with Crippen LogP contribution in [0.3, 0.4) is 0 Å². The molecule has 3 aromatic carbocycles. The van der Waals surface area contributed by atoms with Crippen LogP contribution in [0, 0.1) is 12.8 Å². The van der Waals surface area contributed by atoms with Crippen LogP contribution < -0.4 is 10.6 Å². The summed E-state index contributed by atoms with van der Waals surface area (Å²) in [5.41, 5.74) is 5.88. The number of nitrogens with one attached hydrogen (secondary N) is 3. The van der Waals surface area contributed by atoms with Crippen LogP contribution in [0.5, 0.6) is 0 Å². The lowest BCUT2D eigenvalue weighted by Crippen LogP contribution is -2.51. The maximum atomic E-state index is 13.8. The van der Waals surface area contributed by atoms with Crippen LogP contribution in [-0.4, -0.2) is 74.7 Å². The fourth-order valence-electron chi connectivity index (χ4n) is 6.64. The summed E-state index contributed by atoms with van der Waals surface area (Å²) in [7, 11) is 0. The Morgan fingerprint density at radius 2 is 1.78 bits per heavy atom. The number of rotatable bonds is 10. The molecule has 1 aromatic heterocycles. The molecule has 10 nitrogen and oxygen atoms in total. The van der Waals surface area contributed by atoms with Crippen LogP contribution in [0.15, 0.2) is 72.9 Å². The number of carbonyl (C=O) groups is 3. The predicted molar refractivity (Wildman–Crippen MR) is 172 cm³/mol. The number of likely N-dealkylation sites (tertiary alicyclic amines) is 1. The van der Waals surface area contributed by atoms with Crippen molar-refractivity contribution in [3.63, 3.8) is 0 Å². The fourth-order valence-corrected chi connectivity index (χ4v) is 6.64. The number of H-pyrrole nitrogens is 1. The molecule has 4 amide bonds. The number of urea groups is 1. The highest BCUT2D eigenvalue weighted by Crippen LogP contribution is 2.28. The quantitative estimate of drug-likeness (QED) is 0.215. The third-order valence-corrected chi connectivity index (χ3v) is 9.09. The minimum absolute atomic E-state index is 0.0365. The van der Waals surface area contributed by atoms with Gasteiger partial charge in [-0.1, -0.05) is 54.6 Å². The van der Waals surface area contributed by atoms with Gasteiger partial charge < -0.3 is 25.5 Å². The molecular formula is C35H40N6O4. The van der Waals surface area contributed by atoms with Gasteiger partial charge >= 0.3 is 6.03 Å². The third-order valence-electron chi connectivity index (χ3n) is 9.09. The number of anilines is 1. The van der Waals surface area contributed by atoms with Gasteiger partial charge in [0.1, 0.15) is 0 Å². The molecule has 2 aliphatic heterocycles. The van der Waals surface area contributed by atoms with Crippen LogP contribution in [0.25, 0.3) is 10.9 Å². The minimum Gasteiger partial charge on any atom is -0.394 e. The first kappa shape index (κ1) is 30.3. The van der Waals surface area contributed by atoms with Gasteiger partial charge in [0.05, 0.1) is 30.3 Å². The second kappa shape index (κ2) is 13.5. The van der Waals surface area contributed by atoms with Gasteiger partial charge in [0, 0.05) is 43.2 Å². The van der Waals surface area contributed by atoms with Gasteiger partial charge in [-0.25, -0.2) is 4.79 Å². The molecule has 2 unspecified atom stereocenters. The zero-order valence-electron chi connectivity index (χ0n) is 25.5. The van der Waals surface area contributed by atoms with E-state index in [9.17, 15) is 19.5 Å². The molecule has 10 heteroatoms. The lowest BCUT2D eigenvalue weighted by Gasteiger charge is -2.40. The molecule has 234 valence electrons. The molecule has 0 bridgehead atoms. The number of piperidine rings is 1. The van der Waals surface area contributed by atoms with Crippen LogP contribution in [0.2, 0.25) is 0 Å². The van der Waals surface area contributed by atoms with E-state index in [0.29, 0.717) is 45.3 Å². The highest BCUT2D eigenvalue weighted by molar-refractivity contribution is 5.92. The Morgan fingerprint density at radius 1 is 1.02 bits per heavy atom. The molecule has 2 aliphatic rings. The predicted octanol–water partition coefficient (Wildman–Crippen LogP) is 4.18. The number of fused-ring (bicyclic) bond motifs is 2. The largest absolute Gasteiger partial charge is 0.394 e. The molecule has 2 atom stereocenters. The van der Waals surface area contributed by atoms with E-state index in [0.717, 1.165) is 38.8 Å². The summed E-state index contributed by atoms with van der Waals surface area (Å²) in [5.74, 6) is -0.943. The van der Waals surface area contributed by atoms with Crippen molar-refractivity contribution in [3.8, 4) is 0 Å². The van der Waals surface area contributed by atoms with E-state index in [1.165, 1.54) is 0 Å². The van der Waals surface area contributed by atoms with Gasteiger partial charge in [-0.05, 0) is 67.0 Å². The monoisotopic (exact) mass is 608 g/mol. The van der Waals surface area contributed by atoms with Crippen LogP contribution >= 0.6 is 0 Å². The zero-order valence-corrected chi connectivity index (χ0v) is 25.5. The van der Waals surface area contributed by atoms with Crippen LogP contribution in [0.4, 0.5) is 10.5 Å². The molecule has 0 aliphatic carbocycles. The fraction of sp³-hybridized carbons (Fsp3) is 0.371. The van der Waals surface area contributed by atoms with Gasteiger partial charge in [-0.2, -0.15) is 5.10 Å². The SMILES string of the molecule is Cc1cc(CC(CC(=O)N2CCC(N3Cc4ccccc4NC3=O)CC2)C(=O)NC(CO)Cc2ccccc2)cc2cn[nH]c12. The van der Waals surface area contributed by atoms with Gasteiger partial charge in [0.15, 0.2) is 0 Å². The normalized spacial score (nSPS) is 16.6. The topological polar surface area (TPSA) is 131 Å². The Morgan fingerprint density at radius 3 is 2.56 bits per heavy atom. The smallest absolute Gasteiger partial charge is 0.322 e. The molecule has 1 fully saturated rings. The van der Waals surface area contributed by atoms with E-state index in [-0.39, 0.29) is 36.9 Å². The van der Waals surface area contributed by atoms with Crippen molar-refractivity contribution in [2.24, 2.45) is 5.92 Å². The maximum Gasteiger partial charge on any atom is 0.322 e. The lowest BCUT2D eigenvalue weighted by molar-refractivity contribution is -0.137. The van der Waals surface area contributed by atoms with Crippen molar-refractivity contribution in [2.75, 3.05) is 25.0 Å². The first-order valence-electron chi connectivity index (χ1n) is 15.7. The number of para-hydroxylation sites is 1. The second-order valence-electron chi connectivity index (χ2n) is 12.3. The standard InChI is InChI=1S/C35H40N6O4/c1-23-15-25(17-28-20-36-39-33(23)28)16-27(34(44)37-29(22-42)18-24-7-3-2-4-8-24)19-32(43)40-13-11-30(12-14-40)41-21-26-9-5-6-10-31(26)38-35(41)45/h2-10,15,17,20,27,29-30,42H,11-14,16,18-19,21-22H2,1H3,(H,36,39)(H,37,44)(H,38,45). The Balaban J connectivity index is 1.13. The van der Waals surface area contributed by atoms with Gasteiger partial charge in [-0.15, -0.1) is 0 Å². The highest BCUT2D eigenvalue weighted by atomic mass is 16.3. The number of benzene rings is 3. The Kier molecular flexibility index (Phi) is 9.11. The van der Waals surface area contributed by atoms with Gasteiger partial charge in [0.25, 0.3) is 0 Å². The third kappa shape index (κ3) is 7.01.